The summed E-state index contributed by atoms with van der Waals surface area (Å²) in [6.45, 7) is 11.3. The monoisotopic (exact) mass is 555 g/mol. The number of carbonyl (C=O) groups is 1. The molecule has 1 aromatic carbocycles. The highest BCUT2D eigenvalue weighted by Crippen LogP contribution is 2.37. The lowest BCUT2D eigenvalue weighted by Crippen LogP contribution is -2.55. The van der Waals surface area contributed by atoms with E-state index in [9.17, 15) is 10.1 Å². The number of carbonyl (C=O) groups excluding carboxylic acids is 1. The molecule has 1 aliphatic carbocycles. The zero-order valence-corrected chi connectivity index (χ0v) is 23.8. The number of rotatable bonds is 7. The van der Waals surface area contributed by atoms with Crippen LogP contribution < -0.4 is 20.3 Å². The summed E-state index contributed by atoms with van der Waals surface area (Å²) < 4.78 is 6.17. The Balaban J connectivity index is 1.36. The highest BCUT2D eigenvalue weighted by Gasteiger charge is 2.36. The molecule has 0 spiro atoms. The lowest BCUT2D eigenvalue weighted by Gasteiger charge is -2.42. The smallest absolute Gasteiger partial charge is 0.318 e. The second-order valence-electron chi connectivity index (χ2n) is 11.6. The highest BCUT2D eigenvalue weighted by atomic mass is 16.5. The molecule has 2 aromatic heterocycles. The van der Waals surface area contributed by atoms with Gasteiger partial charge in [0.15, 0.2) is 0 Å². The first-order chi connectivity index (χ1) is 19.8. The van der Waals surface area contributed by atoms with Gasteiger partial charge in [0, 0.05) is 37.1 Å². The molecule has 11 nitrogen and oxygen atoms in total. The van der Waals surface area contributed by atoms with E-state index in [1.165, 1.54) is 22.9 Å². The second kappa shape index (κ2) is 10.7. The molecule has 3 N–H and O–H groups in total. The maximum absolute atomic E-state index is 12.5. The third-order valence-electron chi connectivity index (χ3n) is 8.98. The van der Waals surface area contributed by atoms with E-state index in [0.29, 0.717) is 38.8 Å². The molecule has 1 atom stereocenters. The Morgan fingerprint density at radius 1 is 1.29 bits per heavy atom. The van der Waals surface area contributed by atoms with Gasteiger partial charge in [-0.15, -0.1) is 0 Å². The van der Waals surface area contributed by atoms with Crippen LogP contribution in [0, 0.1) is 25.2 Å². The number of hydrogen-bond donors (Lipinski definition) is 2. The van der Waals surface area contributed by atoms with Gasteiger partial charge in [-0.3, -0.25) is 9.89 Å². The Morgan fingerprint density at radius 2 is 2.12 bits per heavy atom. The van der Waals surface area contributed by atoms with Crippen molar-refractivity contribution in [2.24, 2.45) is 5.73 Å². The summed E-state index contributed by atoms with van der Waals surface area (Å²) in [4.78, 5) is 28.7. The third-order valence-corrected chi connectivity index (χ3v) is 8.98. The summed E-state index contributed by atoms with van der Waals surface area (Å²) in [5.41, 5.74) is 12.8. The number of nitriles is 1. The van der Waals surface area contributed by atoms with E-state index >= 15 is 0 Å². The fourth-order valence-corrected chi connectivity index (χ4v) is 6.34. The fourth-order valence-electron chi connectivity index (χ4n) is 6.34. The molecule has 1 amide bonds. The van der Waals surface area contributed by atoms with Crippen molar-refractivity contribution in [2.45, 2.75) is 64.1 Å². The minimum atomic E-state index is -0.328. The number of benzene rings is 1. The lowest BCUT2D eigenvalue weighted by atomic mass is 9.78. The van der Waals surface area contributed by atoms with Crippen LogP contribution in [0.15, 0.2) is 24.9 Å². The largest absolute Gasteiger partial charge is 0.461 e. The summed E-state index contributed by atoms with van der Waals surface area (Å²) in [6, 6.07) is 4.47. The molecule has 11 heteroatoms. The van der Waals surface area contributed by atoms with Crippen LogP contribution in [0.3, 0.4) is 0 Å². The van der Waals surface area contributed by atoms with Crippen LogP contribution in [0.4, 0.5) is 11.5 Å². The number of H-pyrrole nitrogens is 1. The van der Waals surface area contributed by atoms with Crippen LogP contribution in [0.5, 0.6) is 6.01 Å². The van der Waals surface area contributed by atoms with E-state index in [4.69, 9.17) is 20.4 Å². The van der Waals surface area contributed by atoms with Gasteiger partial charge in [-0.05, 0) is 62.8 Å². The van der Waals surface area contributed by atoms with Crippen molar-refractivity contribution >= 4 is 28.3 Å². The summed E-state index contributed by atoms with van der Waals surface area (Å²) in [6.07, 6.45) is 7.18. The highest BCUT2D eigenvalue weighted by molar-refractivity contribution is 5.94. The van der Waals surface area contributed by atoms with Crippen LogP contribution in [-0.4, -0.2) is 75.3 Å². The Morgan fingerprint density at radius 3 is 2.85 bits per heavy atom. The van der Waals surface area contributed by atoms with Crippen molar-refractivity contribution in [3.05, 3.63) is 47.3 Å². The van der Waals surface area contributed by atoms with Crippen molar-refractivity contribution < 1.29 is 9.53 Å². The van der Waals surface area contributed by atoms with Crippen molar-refractivity contribution in [3.8, 4) is 12.1 Å². The summed E-state index contributed by atoms with van der Waals surface area (Å²) >= 11 is 0. The van der Waals surface area contributed by atoms with Crippen molar-refractivity contribution in [1.29, 1.82) is 5.26 Å². The van der Waals surface area contributed by atoms with E-state index in [1.54, 1.807) is 4.90 Å². The van der Waals surface area contributed by atoms with Crippen LogP contribution in [-0.2, 0) is 17.8 Å². The molecule has 2 aliphatic heterocycles. The molecule has 0 radical (unpaired) electrons. The first-order valence-electron chi connectivity index (χ1n) is 14.3. The first-order valence-corrected chi connectivity index (χ1v) is 14.3. The number of aromatic amines is 1. The number of nitrogens with zero attached hydrogens (tertiary/aromatic N) is 7. The molecule has 1 saturated heterocycles. The molecular weight excluding hydrogens is 518 g/mol. The molecule has 3 aromatic rings. The van der Waals surface area contributed by atoms with Gasteiger partial charge in [0.25, 0.3) is 0 Å². The zero-order valence-electron chi connectivity index (χ0n) is 23.8. The minimum absolute atomic E-state index is 0.151. The van der Waals surface area contributed by atoms with Crippen LogP contribution >= 0.6 is 0 Å². The molecule has 3 aliphatic rings. The Labute approximate surface area is 240 Å². The van der Waals surface area contributed by atoms with Gasteiger partial charge in [0.2, 0.25) is 5.91 Å². The predicted molar refractivity (Wildman–Crippen MR) is 157 cm³/mol. The quantitative estimate of drug-likeness (QED) is 0.421. The molecule has 2 fully saturated rings. The third kappa shape index (κ3) is 4.97. The van der Waals surface area contributed by atoms with E-state index < -0.39 is 0 Å². The Hall–Kier alpha value is -4.17. The van der Waals surface area contributed by atoms with Gasteiger partial charge in [0.1, 0.15) is 12.4 Å². The Kier molecular flexibility index (Phi) is 7.03. The summed E-state index contributed by atoms with van der Waals surface area (Å²) in [5, 5.41) is 18.0. The van der Waals surface area contributed by atoms with Gasteiger partial charge in [-0.2, -0.15) is 20.3 Å². The van der Waals surface area contributed by atoms with E-state index in [2.05, 4.69) is 52.6 Å². The number of nitrogens with two attached hydrogens (primary N) is 1. The van der Waals surface area contributed by atoms with Gasteiger partial charge in [-0.1, -0.05) is 6.58 Å². The lowest BCUT2D eigenvalue weighted by molar-refractivity contribution is -0.128. The molecule has 6 rings (SSSR count). The molecular formula is C30H37N9O2. The molecule has 4 heterocycles. The summed E-state index contributed by atoms with van der Waals surface area (Å²) in [5.74, 6) is 0.675. The molecule has 41 heavy (non-hydrogen) atoms. The van der Waals surface area contributed by atoms with E-state index in [-0.39, 0.29) is 23.9 Å². The maximum Gasteiger partial charge on any atom is 0.318 e. The molecule has 0 bridgehead atoms. The van der Waals surface area contributed by atoms with Gasteiger partial charge < -0.3 is 25.2 Å². The average molecular weight is 556 g/mol. The number of amides is 1. The van der Waals surface area contributed by atoms with Gasteiger partial charge >= 0.3 is 6.01 Å². The molecule has 0 unspecified atom stereocenters. The Bertz CT molecular complexity index is 1540. The first kappa shape index (κ1) is 27.0. The van der Waals surface area contributed by atoms with Crippen molar-refractivity contribution in [3.63, 3.8) is 0 Å². The average Bonchev–Trinajstić information content (AvgIpc) is 3.42. The minimum Gasteiger partial charge on any atom is -0.461 e. The number of piperazine rings is 1. The van der Waals surface area contributed by atoms with E-state index in [0.717, 1.165) is 60.2 Å². The predicted octanol–water partition coefficient (Wildman–Crippen LogP) is 2.91. The number of ether oxygens (including phenoxy) is 1. The molecule has 1 saturated carbocycles. The van der Waals surface area contributed by atoms with E-state index in [1.807, 2.05) is 6.20 Å². The summed E-state index contributed by atoms with van der Waals surface area (Å²) in [7, 11) is 0. The van der Waals surface area contributed by atoms with Crippen LogP contribution in [0.2, 0.25) is 0 Å². The SMILES string of the molecule is C=CC(=O)N1CCN(c2nc(OCC3(N)CCC3)nc3c2CCN(c2c(C)c(C)cc4[nH]ncc24)C3)C[C@@H]1CC#N. The number of nitrogens with one attached hydrogen (secondary N) is 1. The van der Waals surface area contributed by atoms with Crippen molar-refractivity contribution in [1.82, 2.24) is 25.1 Å². The number of aryl methyl sites for hydroxylation is 1. The van der Waals surface area contributed by atoms with Crippen LogP contribution in [0.1, 0.15) is 48.1 Å². The number of anilines is 2. The van der Waals surface area contributed by atoms with Gasteiger partial charge in [-0.25, -0.2) is 0 Å². The standard InChI is InChI=1S/C30H37N9O2/c1-4-26(40)39-13-12-38(16-21(39)6-10-31)28-22-7-11-37(27-20(3)19(2)14-24-23(27)15-33-36-24)17-25(22)34-29(35-28)41-18-30(32)8-5-9-30/h4,14-15,21H,1,5-9,11-13,16-18,32H2,2-3H3,(H,33,36)/t21-/m0/s1. The number of fused-ring (bicyclic) bond motifs is 2. The fraction of sp³-hybridized carbons (Fsp3) is 0.500. The zero-order chi connectivity index (χ0) is 28.7. The number of hydrogen-bond acceptors (Lipinski definition) is 9. The second-order valence-corrected chi connectivity index (χ2v) is 11.6. The molecule has 214 valence electrons. The van der Waals surface area contributed by atoms with Crippen LogP contribution in [0.25, 0.3) is 10.9 Å². The van der Waals surface area contributed by atoms with Gasteiger partial charge in [0.05, 0.1) is 53.7 Å². The maximum atomic E-state index is 12.5. The number of aromatic nitrogens is 4. The normalized spacial score (nSPS) is 19.9. The van der Waals surface area contributed by atoms with Crippen molar-refractivity contribution in [2.75, 3.05) is 42.6 Å². The topological polar surface area (TPSA) is 140 Å².